The summed E-state index contributed by atoms with van der Waals surface area (Å²) >= 11 is 1.17. The Hall–Kier alpha value is -6.89. The number of likely N-dealkylation sites (N-methyl/N-ethyl adjacent to an activating group) is 1. The minimum Gasteiger partial charge on any atom is -0.457 e. The molecular weight excluding hydrogens is 1020 g/mol. The Morgan fingerprint density at radius 1 is 0.833 bits per heavy atom. The molecule has 2 aromatic heterocycles. The fraction of sp³-hybridized carbons (Fsp3) is 0.393. The SMILES string of the molecule is CN(C/C=C/C(=O)N1CCC[C@@H](n2nc(-c3ccc(Oc4ccccc4)cc3)c3c(N)ncnc32)C1)CCOCCOCCOCCOCCON(C)C(=O)N1N=C(c2cc(F)ccc2F)SC1(CCCN)c1ccccc1. The van der Waals surface area contributed by atoms with Crippen LogP contribution >= 0.6 is 11.8 Å². The highest BCUT2D eigenvalue weighted by molar-refractivity contribution is 8.15. The van der Waals surface area contributed by atoms with Gasteiger partial charge in [0.1, 0.15) is 50.9 Å². The Balaban J connectivity index is 0.673. The summed E-state index contributed by atoms with van der Waals surface area (Å²) in [5, 5.41) is 12.7. The zero-order valence-corrected chi connectivity index (χ0v) is 44.8. The van der Waals surface area contributed by atoms with Crippen LogP contribution in [-0.4, -0.2) is 163 Å². The zero-order valence-electron chi connectivity index (χ0n) is 44.0. The lowest BCUT2D eigenvalue weighted by Gasteiger charge is -2.37. The number of hydrazone groups is 1. The summed E-state index contributed by atoms with van der Waals surface area (Å²) in [6.07, 6.45) is 7.54. The van der Waals surface area contributed by atoms with Crippen LogP contribution in [0.15, 0.2) is 127 Å². The van der Waals surface area contributed by atoms with Gasteiger partial charge in [-0.2, -0.15) is 15.2 Å². The van der Waals surface area contributed by atoms with Gasteiger partial charge in [0.05, 0.1) is 70.9 Å². The standard InChI is InChI=1S/C56H67F2N11O8S/c1-65(26-10-17-49(70)67-27-9-14-44(39-67)68-53-50(52(60)61-40-62-53)51(63-68)41-18-21-46(22-19-41)77-45-15-7-4-8-16-45)28-29-72-30-31-73-32-33-74-34-35-75-36-37-76-66(2)55(71)69-56(24-11-25-59,42-12-5-3-6-13-42)78-54(64-69)47-38-43(57)20-23-48(47)58/h3-8,10,12-13,15-23,38,40,44H,9,11,14,24-37,39,59H2,1-2H3,(H2,60,61,62)/b17-10+/t44-,56?/m1/s1. The number of nitrogens with zero attached hydrogens (tertiary/aromatic N) is 9. The van der Waals surface area contributed by atoms with Gasteiger partial charge in [0, 0.05) is 50.4 Å². The smallest absolute Gasteiger partial charge is 0.365 e. The number of fused-ring (bicyclic) bond motifs is 1. The average Bonchev–Trinajstić information content (AvgIpc) is 4.15. The Bertz CT molecular complexity index is 2940. The van der Waals surface area contributed by atoms with E-state index in [9.17, 15) is 18.4 Å². The van der Waals surface area contributed by atoms with Crippen molar-refractivity contribution in [1.29, 1.82) is 0 Å². The first-order valence-electron chi connectivity index (χ1n) is 26.0. The Labute approximate surface area is 457 Å². The van der Waals surface area contributed by atoms with Crippen molar-refractivity contribution in [2.45, 2.75) is 36.6 Å². The predicted molar refractivity (Wildman–Crippen MR) is 294 cm³/mol. The van der Waals surface area contributed by atoms with Gasteiger partial charge in [-0.3, -0.25) is 9.63 Å². The molecule has 1 unspecified atom stereocenters. The second-order valence-electron chi connectivity index (χ2n) is 18.5. The number of hydroxylamine groups is 2. The molecule has 2 aliphatic heterocycles. The number of piperidine rings is 1. The summed E-state index contributed by atoms with van der Waals surface area (Å²) in [4.78, 5) is 44.8. The highest BCUT2D eigenvalue weighted by atomic mass is 32.2. The molecule has 4 heterocycles. The summed E-state index contributed by atoms with van der Waals surface area (Å²) in [6.45, 7) is 5.71. The molecule has 0 saturated carbocycles. The zero-order chi connectivity index (χ0) is 54.7. The molecule has 8 rings (SSSR count). The maximum absolute atomic E-state index is 15.0. The molecule has 19 nitrogen and oxygen atoms in total. The quantitative estimate of drug-likeness (QED) is 0.0272. The number of nitrogens with two attached hydrogens (primary N) is 2. The van der Waals surface area contributed by atoms with Gasteiger partial charge in [0.15, 0.2) is 5.65 Å². The van der Waals surface area contributed by atoms with Crippen molar-refractivity contribution in [3.63, 3.8) is 0 Å². The van der Waals surface area contributed by atoms with Crippen LogP contribution in [0.4, 0.5) is 19.4 Å². The summed E-state index contributed by atoms with van der Waals surface area (Å²) in [5.74, 6) is 0.451. The summed E-state index contributed by atoms with van der Waals surface area (Å²) in [6, 6.07) is 29.0. The number of para-hydroxylation sites is 1. The summed E-state index contributed by atoms with van der Waals surface area (Å²) in [5.41, 5.74) is 15.2. The van der Waals surface area contributed by atoms with E-state index in [4.69, 9.17) is 45.1 Å². The van der Waals surface area contributed by atoms with E-state index in [0.717, 1.165) is 53.0 Å². The molecule has 4 N–H and O–H groups in total. The van der Waals surface area contributed by atoms with Crippen molar-refractivity contribution in [2.75, 3.05) is 112 Å². The van der Waals surface area contributed by atoms with E-state index in [-0.39, 0.29) is 35.8 Å². The van der Waals surface area contributed by atoms with Crippen LogP contribution < -0.4 is 16.2 Å². The third-order valence-corrected chi connectivity index (χ3v) is 14.4. The number of nitrogen functional groups attached to an aromatic ring is 1. The molecule has 3 amide bonds. The third kappa shape index (κ3) is 15.0. The van der Waals surface area contributed by atoms with Gasteiger partial charge in [-0.15, -0.1) is 0 Å². The molecule has 1 saturated heterocycles. The maximum atomic E-state index is 15.0. The highest BCUT2D eigenvalue weighted by Crippen LogP contribution is 2.51. The lowest BCUT2D eigenvalue weighted by atomic mass is 10.0. The van der Waals surface area contributed by atoms with Gasteiger partial charge in [0.2, 0.25) is 5.91 Å². The van der Waals surface area contributed by atoms with Crippen molar-refractivity contribution in [1.82, 2.24) is 39.6 Å². The maximum Gasteiger partial charge on any atom is 0.365 e. The third-order valence-electron chi connectivity index (χ3n) is 13.0. The van der Waals surface area contributed by atoms with E-state index < -0.39 is 22.5 Å². The lowest BCUT2D eigenvalue weighted by Crippen LogP contribution is -2.47. The molecule has 0 spiro atoms. The van der Waals surface area contributed by atoms with Crippen LogP contribution in [0.3, 0.4) is 0 Å². The van der Waals surface area contributed by atoms with Crippen LogP contribution in [0.25, 0.3) is 22.3 Å². The molecule has 6 aromatic rings. The molecule has 2 atom stereocenters. The van der Waals surface area contributed by atoms with Gasteiger partial charge in [-0.1, -0.05) is 66.4 Å². The molecule has 22 heteroatoms. The van der Waals surface area contributed by atoms with Gasteiger partial charge in [-0.25, -0.2) is 33.3 Å². The van der Waals surface area contributed by atoms with Crippen LogP contribution in [0.2, 0.25) is 0 Å². The number of ether oxygens (including phenoxy) is 5. The minimum absolute atomic E-state index is 0.0457. The number of amides is 3. The summed E-state index contributed by atoms with van der Waals surface area (Å²) < 4.78 is 59.8. The number of likely N-dealkylation sites (tertiary alicyclic amines) is 1. The van der Waals surface area contributed by atoms with Crippen LogP contribution in [0.5, 0.6) is 11.5 Å². The average molecular weight is 1090 g/mol. The number of anilines is 1. The predicted octanol–water partition coefficient (Wildman–Crippen LogP) is 7.85. The molecular formula is C56H67F2N11O8S. The highest BCUT2D eigenvalue weighted by Gasteiger charge is 2.50. The van der Waals surface area contributed by atoms with E-state index in [1.807, 2.05) is 108 Å². The van der Waals surface area contributed by atoms with E-state index in [1.54, 1.807) is 6.08 Å². The van der Waals surface area contributed by atoms with Crippen molar-refractivity contribution in [3.05, 3.63) is 144 Å². The lowest BCUT2D eigenvalue weighted by molar-refractivity contribution is -0.127. The van der Waals surface area contributed by atoms with Gasteiger partial charge < -0.3 is 45.0 Å². The Morgan fingerprint density at radius 3 is 2.21 bits per heavy atom. The van der Waals surface area contributed by atoms with Crippen molar-refractivity contribution >= 4 is 45.6 Å². The van der Waals surface area contributed by atoms with Crippen LogP contribution in [0, 0.1) is 11.6 Å². The first kappa shape index (κ1) is 57.3. The number of benzene rings is 4. The van der Waals surface area contributed by atoms with Crippen molar-refractivity contribution < 1.29 is 46.9 Å². The number of urea groups is 1. The molecule has 1 fully saturated rings. The molecule has 0 aliphatic carbocycles. The number of carbonyl (C=O) groups is 2. The number of hydrogen-bond acceptors (Lipinski definition) is 16. The fourth-order valence-corrected chi connectivity index (χ4v) is 10.3. The molecule has 2 aliphatic rings. The summed E-state index contributed by atoms with van der Waals surface area (Å²) in [7, 11) is 3.44. The normalized spacial score (nSPS) is 16.6. The number of halogens is 2. The molecule has 0 bridgehead atoms. The van der Waals surface area contributed by atoms with E-state index in [0.29, 0.717) is 120 Å². The number of carbonyl (C=O) groups excluding carboxylic acids is 2. The van der Waals surface area contributed by atoms with Crippen LogP contribution in [-0.2, 0) is 33.5 Å². The Morgan fingerprint density at radius 2 is 1.50 bits per heavy atom. The number of hydrogen-bond donors (Lipinski definition) is 2. The minimum atomic E-state index is -1.09. The first-order valence-corrected chi connectivity index (χ1v) is 26.8. The van der Waals surface area contributed by atoms with E-state index in [2.05, 4.69) is 20.0 Å². The van der Waals surface area contributed by atoms with Crippen molar-refractivity contribution in [3.8, 4) is 22.8 Å². The van der Waals surface area contributed by atoms with E-state index >= 15 is 0 Å². The van der Waals surface area contributed by atoms with Crippen molar-refractivity contribution in [2.24, 2.45) is 10.8 Å². The van der Waals surface area contributed by atoms with E-state index in [1.165, 1.54) is 30.1 Å². The molecule has 4 aromatic carbocycles. The number of thioether (sulfide) groups is 1. The molecule has 0 radical (unpaired) electrons. The molecule has 414 valence electrons. The van der Waals surface area contributed by atoms with Gasteiger partial charge in [-0.05, 0) is 99.4 Å². The first-order chi connectivity index (χ1) is 38.0. The van der Waals surface area contributed by atoms with Crippen LogP contribution in [0.1, 0.15) is 42.9 Å². The number of rotatable bonds is 28. The monoisotopic (exact) mass is 1090 g/mol. The second-order valence-corrected chi connectivity index (χ2v) is 19.7. The molecule has 78 heavy (non-hydrogen) atoms. The Kier molecular flexibility index (Phi) is 21.0. The van der Waals surface area contributed by atoms with Gasteiger partial charge in [0.25, 0.3) is 0 Å². The van der Waals surface area contributed by atoms with Gasteiger partial charge >= 0.3 is 6.03 Å². The second kappa shape index (κ2) is 28.7. The topological polar surface area (TPSA) is 210 Å². The fourth-order valence-electron chi connectivity index (χ4n) is 8.93. The largest absolute Gasteiger partial charge is 0.457 e. The number of aromatic nitrogens is 4.